The Labute approximate surface area is 135 Å². The molecule has 5 nitrogen and oxygen atoms in total. The largest absolute Gasteiger partial charge is 0.497 e. The third-order valence-electron chi connectivity index (χ3n) is 3.45. The number of nitrogens with one attached hydrogen (secondary N) is 1. The molecule has 1 N–H and O–H groups in total. The van der Waals surface area contributed by atoms with Crippen LogP contribution in [0, 0.1) is 0 Å². The van der Waals surface area contributed by atoms with Gasteiger partial charge >= 0.3 is 0 Å². The minimum absolute atomic E-state index is 0.681. The number of para-hydroxylation sites is 2. The average molecular weight is 309 g/mol. The summed E-state index contributed by atoms with van der Waals surface area (Å²) < 4.78 is 11.0. The normalized spacial score (nSPS) is 10.5. The fourth-order valence-corrected chi connectivity index (χ4v) is 2.30. The monoisotopic (exact) mass is 309 g/mol. The predicted molar refractivity (Wildman–Crippen MR) is 91.6 cm³/mol. The molecule has 5 heteroatoms. The van der Waals surface area contributed by atoms with Gasteiger partial charge in [0.1, 0.15) is 23.6 Å². The third kappa shape index (κ3) is 3.34. The molecule has 0 amide bonds. The molecule has 118 valence electrons. The average Bonchev–Trinajstić information content (AvgIpc) is 2.60. The van der Waals surface area contributed by atoms with Gasteiger partial charge in [0.25, 0.3) is 0 Å². The van der Waals surface area contributed by atoms with E-state index in [1.54, 1.807) is 13.4 Å². The molecule has 0 saturated carbocycles. The lowest BCUT2D eigenvalue weighted by atomic mass is 10.2. The molecule has 0 unspecified atom stereocenters. The van der Waals surface area contributed by atoms with E-state index in [0.29, 0.717) is 6.61 Å². The molecular weight excluding hydrogens is 290 g/mol. The minimum atomic E-state index is 0.681. The van der Waals surface area contributed by atoms with Crippen LogP contribution in [0.4, 0.5) is 11.5 Å². The number of anilines is 2. The van der Waals surface area contributed by atoms with E-state index in [1.165, 1.54) is 0 Å². The van der Waals surface area contributed by atoms with Crippen molar-refractivity contribution >= 4 is 22.4 Å². The lowest BCUT2D eigenvalue weighted by molar-refractivity contribution is 0.319. The van der Waals surface area contributed by atoms with Gasteiger partial charge in [0.2, 0.25) is 0 Å². The highest BCUT2D eigenvalue weighted by Crippen LogP contribution is 2.30. The molecule has 0 aliphatic rings. The maximum Gasteiger partial charge on any atom is 0.142 e. The van der Waals surface area contributed by atoms with Crippen molar-refractivity contribution in [2.75, 3.05) is 19.0 Å². The first kappa shape index (κ1) is 15.1. The zero-order chi connectivity index (χ0) is 16.1. The van der Waals surface area contributed by atoms with Crippen molar-refractivity contribution in [1.82, 2.24) is 9.97 Å². The van der Waals surface area contributed by atoms with Crippen molar-refractivity contribution in [1.29, 1.82) is 0 Å². The molecular formula is C18H19N3O2. The van der Waals surface area contributed by atoms with Crippen LogP contribution in [0.1, 0.15) is 13.3 Å². The summed E-state index contributed by atoms with van der Waals surface area (Å²) in [4.78, 5) is 8.66. The van der Waals surface area contributed by atoms with Crippen molar-refractivity contribution in [3.63, 3.8) is 0 Å². The van der Waals surface area contributed by atoms with E-state index in [-0.39, 0.29) is 0 Å². The van der Waals surface area contributed by atoms with Crippen molar-refractivity contribution in [3.8, 4) is 11.5 Å². The van der Waals surface area contributed by atoms with Gasteiger partial charge in [-0.15, -0.1) is 0 Å². The molecule has 0 radical (unpaired) electrons. The number of methoxy groups -OCH3 is 1. The van der Waals surface area contributed by atoms with Gasteiger partial charge in [0.05, 0.1) is 24.9 Å². The van der Waals surface area contributed by atoms with Crippen LogP contribution in [0.5, 0.6) is 11.5 Å². The summed E-state index contributed by atoms with van der Waals surface area (Å²) in [5.41, 5.74) is 1.71. The van der Waals surface area contributed by atoms with Crippen LogP contribution in [0.25, 0.3) is 10.9 Å². The molecule has 0 fully saturated rings. The van der Waals surface area contributed by atoms with Crippen molar-refractivity contribution < 1.29 is 9.47 Å². The number of nitrogens with zero attached hydrogens (tertiary/aromatic N) is 2. The Hall–Kier alpha value is -2.82. The first-order valence-corrected chi connectivity index (χ1v) is 7.59. The van der Waals surface area contributed by atoms with E-state index in [9.17, 15) is 0 Å². The lowest BCUT2D eigenvalue weighted by Gasteiger charge is -2.13. The minimum Gasteiger partial charge on any atom is -0.497 e. The Kier molecular flexibility index (Phi) is 4.57. The standard InChI is InChI=1S/C18H19N3O2/c1-3-10-23-17-7-5-4-6-15(17)21-18-14-9-8-13(22-2)11-16(14)19-12-20-18/h4-9,11-12H,3,10H2,1-2H3,(H,19,20,21). The number of hydrogen-bond donors (Lipinski definition) is 1. The molecule has 0 saturated heterocycles. The highest BCUT2D eigenvalue weighted by atomic mass is 16.5. The summed E-state index contributed by atoms with van der Waals surface area (Å²) in [6.07, 6.45) is 2.50. The Morgan fingerprint density at radius 1 is 1.09 bits per heavy atom. The van der Waals surface area contributed by atoms with Crippen LogP contribution >= 0.6 is 0 Å². The van der Waals surface area contributed by atoms with E-state index in [0.717, 1.165) is 40.3 Å². The summed E-state index contributed by atoms with van der Waals surface area (Å²) >= 11 is 0. The maximum absolute atomic E-state index is 5.78. The van der Waals surface area contributed by atoms with Crippen LogP contribution in [0.3, 0.4) is 0 Å². The second-order valence-corrected chi connectivity index (χ2v) is 5.07. The highest BCUT2D eigenvalue weighted by Gasteiger charge is 2.08. The number of aromatic nitrogens is 2. The third-order valence-corrected chi connectivity index (χ3v) is 3.45. The number of fused-ring (bicyclic) bond motifs is 1. The maximum atomic E-state index is 5.78. The van der Waals surface area contributed by atoms with Gasteiger partial charge in [-0.25, -0.2) is 9.97 Å². The van der Waals surface area contributed by atoms with Gasteiger partial charge in [-0.2, -0.15) is 0 Å². The lowest BCUT2D eigenvalue weighted by Crippen LogP contribution is -2.01. The van der Waals surface area contributed by atoms with Gasteiger partial charge in [0, 0.05) is 11.5 Å². The molecule has 2 aromatic carbocycles. The quantitative estimate of drug-likeness (QED) is 0.740. The SMILES string of the molecule is CCCOc1ccccc1Nc1ncnc2cc(OC)ccc12. The summed E-state index contributed by atoms with van der Waals surface area (Å²) in [5.74, 6) is 2.33. The first-order valence-electron chi connectivity index (χ1n) is 7.59. The Bertz CT molecular complexity index is 805. The molecule has 0 aliphatic heterocycles. The second kappa shape index (κ2) is 6.96. The molecule has 0 aliphatic carbocycles. The predicted octanol–water partition coefficient (Wildman–Crippen LogP) is 4.17. The van der Waals surface area contributed by atoms with E-state index < -0.39 is 0 Å². The number of benzene rings is 2. The summed E-state index contributed by atoms with van der Waals surface area (Å²) in [5, 5.41) is 4.27. The number of hydrogen-bond acceptors (Lipinski definition) is 5. The van der Waals surface area contributed by atoms with Gasteiger partial charge in [-0.3, -0.25) is 0 Å². The molecule has 1 heterocycles. The zero-order valence-corrected chi connectivity index (χ0v) is 13.2. The molecule has 3 rings (SSSR count). The van der Waals surface area contributed by atoms with Crippen molar-refractivity contribution in [3.05, 3.63) is 48.8 Å². The fraction of sp³-hybridized carbons (Fsp3) is 0.222. The fourth-order valence-electron chi connectivity index (χ4n) is 2.30. The smallest absolute Gasteiger partial charge is 0.142 e. The molecule has 0 atom stereocenters. The molecule has 0 spiro atoms. The van der Waals surface area contributed by atoms with Crippen LogP contribution in [0.15, 0.2) is 48.8 Å². The summed E-state index contributed by atoms with van der Waals surface area (Å²) in [7, 11) is 1.64. The Morgan fingerprint density at radius 2 is 1.96 bits per heavy atom. The Morgan fingerprint density at radius 3 is 2.78 bits per heavy atom. The van der Waals surface area contributed by atoms with E-state index in [4.69, 9.17) is 9.47 Å². The first-order chi connectivity index (χ1) is 11.3. The van der Waals surface area contributed by atoms with Gasteiger partial charge in [-0.05, 0) is 30.7 Å². The highest BCUT2D eigenvalue weighted by molar-refractivity contribution is 5.91. The molecule has 1 aromatic heterocycles. The van der Waals surface area contributed by atoms with E-state index in [2.05, 4.69) is 22.2 Å². The summed E-state index contributed by atoms with van der Waals surface area (Å²) in [6, 6.07) is 13.6. The van der Waals surface area contributed by atoms with Crippen LogP contribution < -0.4 is 14.8 Å². The van der Waals surface area contributed by atoms with Gasteiger partial charge < -0.3 is 14.8 Å². The van der Waals surface area contributed by atoms with Gasteiger partial charge in [0.15, 0.2) is 0 Å². The molecule has 23 heavy (non-hydrogen) atoms. The molecule has 0 bridgehead atoms. The summed E-state index contributed by atoms with van der Waals surface area (Å²) in [6.45, 7) is 2.77. The van der Waals surface area contributed by atoms with Crippen LogP contribution in [0.2, 0.25) is 0 Å². The topological polar surface area (TPSA) is 56.3 Å². The van der Waals surface area contributed by atoms with E-state index >= 15 is 0 Å². The second-order valence-electron chi connectivity index (χ2n) is 5.07. The van der Waals surface area contributed by atoms with Crippen LogP contribution in [-0.4, -0.2) is 23.7 Å². The Balaban J connectivity index is 1.96. The van der Waals surface area contributed by atoms with Crippen LogP contribution in [-0.2, 0) is 0 Å². The van der Waals surface area contributed by atoms with Gasteiger partial charge in [-0.1, -0.05) is 19.1 Å². The number of ether oxygens (including phenoxy) is 2. The van der Waals surface area contributed by atoms with Crippen molar-refractivity contribution in [2.24, 2.45) is 0 Å². The van der Waals surface area contributed by atoms with E-state index in [1.807, 2.05) is 42.5 Å². The zero-order valence-electron chi connectivity index (χ0n) is 13.2. The molecule has 3 aromatic rings. The number of rotatable bonds is 6. The van der Waals surface area contributed by atoms with Crippen molar-refractivity contribution in [2.45, 2.75) is 13.3 Å².